The van der Waals surface area contributed by atoms with Crippen LogP contribution in [0.5, 0.6) is 0 Å². The monoisotopic (exact) mass is 716 g/mol. The first-order chi connectivity index (χ1) is 27.7. The minimum atomic E-state index is -0.127. The van der Waals surface area contributed by atoms with Crippen LogP contribution >= 0.6 is 0 Å². The molecule has 10 rings (SSSR count). The summed E-state index contributed by atoms with van der Waals surface area (Å²) in [6.07, 6.45) is 3.68. The summed E-state index contributed by atoms with van der Waals surface area (Å²) in [5, 5.41) is 6.36. The quantitative estimate of drug-likeness (QED) is 0.179. The van der Waals surface area contributed by atoms with E-state index in [1.54, 1.807) is 0 Å². The average Bonchev–Trinajstić information content (AvgIpc) is 3.29. The molecule has 264 valence electrons. The summed E-state index contributed by atoms with van der Waals surface area (Å²) in [6, 6.07) is 68.5. The number of hydrogen-bond acceptors (Lipinski definition) is 4. The van der Waals surface area contributed by atoms with Gasteiger partial charge in [0, 0.05) is 34.6 Å². The van der Waals surface area contributed by atoms with Crippen molar-refractivity contribution in [2.24, 2.45) is 4.99 Å². The Morgan fingerprint density at radius 1 is 0.357 bits per heavy atom. The number of nitrogens with one attached hydrogen (secondary N) is 1. The Bertz CT molecular complexity index is 2810. The van der Waals surface area contributed by atoms with Crippen molar-refractivity contribution in [2.45, 2.75) is 6.04 Å². The summed E-state index contributed by atoms with van der Waals surface area (Å²) in [5.41, 5.74) is 15.0. The van der Waals surface area contributed by atoms with Crippen molar-refractivity contribution >= 4 is 22.3 Å². The first-order valence-corrected chi connectivity index (χ1v) is 18.9. The molecule has 4 heteroatoms. The minimum Gasteiger partial charge on any atom is -0.359 e. The number of pyridine rings is 2. The fourth-order valence-corrected chi connectivity index (χ4v) is 7.74. The second kappa shape index (κ2) is 14.4. The van der Waals surface area contributed by atoms with Crippen LogP contribution in [0.2, 0.25) is 0 Å². The van der Waals surface area contributed by atoms with Gasteiger partial charge in [-0.2, -0.15) is 0 Å². The van der Waals surface area contributed by atoms with Gasteiger partial charge in [-0.15, -0.1) is 0 Å². The molecule has 0 bridgehead atoms. The Morgan fingerprint density at radius 2 is 0.893 bits per heavy atom. The molecule has 0 saturated carbocycles. The number of hydrogen-bond donors (Lipinski definition) is 1. The lowest BCUT2D eigenvalue weighted by atomic mass is 9.90. The summed E-state index contributed by atoms with van der Waals surface area (Å²) in [4.78, 5) is 14.7. The predicted molar refractivity (Wildman–Crippen MR) is 231 cm³/mol. The van der Waals surface area contributed by atoms with Gasteiger partial charge in [0.15, 0.2) is 0 Å². The van der Waals surface area contributed by atoms with Gasteiger partial charge in [0.25, 0.3) is 0 Å². The number of aromatic nitrogens is 2. The smallest absolute Gasteiger partial charge is 0.134 e. The summed E-state index contributed by atoms with van der Waals surface area (Å²) in [5.74, 6) is 0.841. The molecule has 4 nitrogen and oxygen atoms in total. The Kier molecular flexibility index (Phi) is 8.54. The predicted octanol–water partition coefficient (Wildman–Crippen LogP) is 12.7. The Balaban J connectivity index is 1.12. The number of amidine groups is 1. The highest BCUT2D eigenvalue weighted by atomic mass is 15.1. The first-order valence-electron chi connectivity index (χ1n) is 18.9. The highest BCUT2D eigenvalue weighted by molar-refractivity contribution is 6.04. The van der Waals surface area contributed by atoms with E-state index in [1.807, 2.05) is 36.7 Å². The van der Waals surface area contributed by atoms with Gasteiger partial charge in [0.2, 0.25) is 0 Å². The van der Waals surface area contributed by atoms with Crippen LogP contribution in [0.1, 0.15) is 22.7 Å². The second-order valence-electron chi connectivity index (χ2n) is 14.2. The van der Waals surface area contributed by atoms with Crippen molar-refractivity contribution in [2.75, 3.05) is 0 Å². The molecule has 1 aliphatic heterocycles. The van der Waals surface area contributed by atoms with Crippen LogP contribution in [-0.4, -0.2) is 15.8 Å². The first kappa shape index (κ1) is 33.2. The Morgan fingerprint density at radius 3 is 1.57 bits per heavy atom. The van der Waals surface area contributed by atoms with Crippen LogP contribution in [-0.2, 0) is 0 Å². The van der Waals surface area contributed by atoms with Crippen LogP contribution in [0.25, 0.3) is 66.7 Å². The van der Waals surface area contributed by atoms with Crippen LogP contribution < -0.4 is 5.32 Å². The lowest BCUT2D eigenvalue weighted by Gasteiger charge is -2.29. The van der Waals surface area contributed by atoms with Gasteiger partial charge < -0.3 is 5.32 Å². The van der Waals surface area contributed by atoms with E-state index < -0.39 is 0 Å². The van der Waals surface area contributed by atoms with E-state index in [2.05, 4.69) is 175 Å². The molecule has 0 fully saturated rings. The van der Waals surface area contributed by atoms with Gasteiger partial charge in [0.05, 0.1) is 23.1 Å². The van der Waals surface area contributed by atoms with Gasteiger partial charge in [-0.05, 0) is 129 Å². The van der Waals surface area contributed by atoms with Gasteiger partial charge >= 0.3 is 0 Å². The molecule has 0 aliphatic carbocycles. The SMILES string of the molecule is c1ccc(-c2cc(C3=Nc4ccc(-c5cc(-c6ccccn6)cc(-c6ccccn6)c5)cc4C(c4ccccc4)N3)cc(-c3ccc4ccccc4c3)c2)cc1. The van der Waals surface area contributed by atoms with E-state index in [0.717, 1.165) is 73.0 Å². The van der Waals surface area contributed by atoms with Crippen molar-refractivity contribution < 1.29 is 0 Å². The normalized spacial score (nSPS) is 13.4. The minimum absolute atomic E-state index is 0.127. The third kappa shape index (κ3) is 6.54. The Labute approximate surface area is 326 Å². The average molecular weight is 717 g/mol. The van der Waals surface area contributed by atoms with E-state index in [-0.39, 0.29) is 6.04 Å². The molecular formula is C52H36N4. The maximum absolute atomic E-state index is 5.36. The molecule has 3 heterocycles. The highest BCUT2D eigenvalue weighted by Gasteiger charge is 2.26. The molecule has 0 spiro atoms. The summed E-state index contributed by atoms with van der Waals surface area (Å²) < 4.78 is 0. The van der Waals surface area contributed by atoms with E-state index in [1.165, 1.54) is 21.9 Å². The number of aliphatic imine (C=N–C) groups is 1. The largest absolute Gasteiger partial charge is 0.359 e. The zero-order chi connectivity index (χ0) is 37.3. The molecular weight excluding hydrogens is 681 g/mol. The summed E-state index contributed by atoms with van der Waals surface area (Å²) in [6.45, 7) is 0. The number of benzene rings is 7. The van der Waals surface area contributed by atoms with Gasteiger partial charge in [0.1, 0.15) is 5.84 Å². The maximum atomic E-state index is 5.36. The van der Waals surface area contributed by atoms with Crippen molar-refractivity contribution in [3.63, 3.8) is 0 Å². The lowest BCUT2D eigenvalue weighted by Crippen LogP contribution is -2.32. The maximum Gasteiger partial charge on any atom is 0.134 e. The van der Waals surface area contributed by atoms with Crippen molar-refractivity contribution in [1.82, 2.24) is 15.3 Å². The lowest BCUT2D eigenvalue weighted by molar-refractivity contribution is 0.750. The van der Waals surface area contributed by atoms with E-state index >= 15 is 0 Å². The van der Waals surface area contributed by atoms with Crippen molar-refractivity contribution in [1.29, 1.82) is 0 Å². The Hall–Kier alpha value is -7.43. The molecule has 2 aromatic heterocycles. The molecule has 0 amide bonds. The van der Waals surface area contributed by atoms with Crippen LogP contribution in [0, 0.1) is 0 Å². The van der Waals surface area contributed by atoms with Crippen molar-refractivity contribution in [3.8, 4) is 55.9 Å². The number of nitrogens with zero attached hydrogens (tertiary/aromatic N) is 3. The van der Waals surface area contributed by atoms with Gasteiger partial charge in [-0.3, -0.25) is 9.97 Å². The molecule has 0 radical (unpaired) electrons. The van der Waals surface area contributed by atoms with Crippen LogP contribution in [0.3, 0.4) is 0 Å². The van der Waals surface area contributed by atoms with Crippen molar-refractivity contribution in [3.05, 3.63) is 223 Å². The van der Waals surface area contributed by atoms with Crippen LogP contribution in [0.4, 0.5) is 5.69 Å². The number of fused-ring (bicyclic) bond motifs is 2. The van der Waals surface area contributed by atoms with E-state index in [9.17, 15) is 0 Å². The van der Waals surface area contributed by atoms with Gasteiger partial charge in [-0.25, -0.2) is 4.99 Å². The molecule has 56 heavy (non-hydrogen) atoms. The highest BCUT2D eigenvalue weighted by Crippen LogP contribution is 2.40. The topological polar surface area (TPSA) is 50.2 Å². The zero-order valence-corrected chi connectivity index (χ0v) is 30.5. The van der Waals surface area contributed by atoms with Gasteiger partial charge in [-0.1, -0.05) is 115 Å². The fraction of sp³-hybridized carbons (Fsp3) is 0.0192. The van der Waals surface area contributed by atoms with E-state index in [4.69, 9.17) is 15.0 Å². The third-order valence-electron chi connectivity index (χ3n) is 10.6. The summed E-state index contributed by atoms with van der Waals surface area (Å²) >= 11 is 0. The molecule has 1 N–H and O–H groups in total. The molecule has 0 saturated heterocycles. The molecule has 1 aliphatic rings. The second-order valence-corrected chi connectivity index (χ2v) is 14.2. The molecule has 1 atom stereocenters. The van der Waals surface area contributed by atoms with Crippen LogP contribution in [0.15, 0.2) is 212 Å². The zero-order valence-electron chi connectivity index (χ0n) is 30.5. The third-order valence-corrected chi connectivity index (χ3v) is 10.6. The van der Waals surface area contributed by atoms with E-state index in [0.29, 0.717) is 0 Å². The fourth-order valence-electron chi connectivity index (χ4n) is 7.74. The molecule has 9 aromatic rings. The standard InChI is InChI=1S/C52H36N4/c1-3-13-35(14-4-1)41-28-42(39-22-21-36-15-7-8-18-38(36)27-39)32-46(31-41)52-55-50-24-23-40(34-47(50)51(56-52)37-16-5-2-6-17-37)43-29-44(48-19-9-11-25-53-48)33-45(30-43)49-20-10-12-26-54-49/h1-34,51H,(H,55,56). The molecule has 7 aromatic carbocycles. The molecule has 1 unspecified atom stereocenters. The number of rotatable bonds is 7. The summed E-state index contributed by atoms with van der Waals surface area (Å²) in [7, 11) is 0.